The first kappa shape index (κ1) is 9.90. The molecular formula is C8H13N3O2S. The van der Waals surface area contributed by atoms with E-state index in [1.54, 1.807) is 6.07 Å². The van der Waals surface area contributed by atoms with E-state index in [9.17, 15) is 8.42 Å². The minimum atomic E-state index is -3.31. The Labute approximate surface area is 83.7 Å². The highest BCUT2D eigenvalue weighted by molar-refractivity contribution is 7.89. The Balaban J connectivity index is 2.06. The lowest BCUT2D eigenvalue weighted by molar-refractivity contribution is 0.450. The van der Waals surface area contributed by atoms with E-state index in [4.69, 9.17) is 5.26 Å². The Morgan fingerprint density at radius 2 is 1.93 bits per heavy atom. The second kappa shape index (κ2) is 3.50. The number of nitrogens with zero attached hydrogens (tertiary/aromatic N) is 2. The van der Waals surface area contributed by atoms with E-state index in [1.165, 1.54) is 4.31 Å². The molecule has 0 radical (unpaired) electrons. The van der Waals surface area contributed by atoms with Crippen LogP contribution >= 0.6 is 0 Å². The summed E-state index contributed by atoms with van der Waals surface area (Å²) in [6.45, 7) is 2.98. The van der Waals surface area contributed by atoms with Gasteiger partial charge in [0, 0.05) is 13.1 Å². The first-order valence-electron chi connectivity index (χ1n) is 4.69. The summed E-state index contributed by atoms with van der Waals surface area (Å²) in [5.41, 5.74) is 0. The van der Waals surface area contributed by atoms with E-state index >= 15 is 0 Å². The molecule has 0 aromatic carbocycles. The second-order valence-electron chi connectivity index (χ2n) is 3.91. The van der Waals surface area contributed by atoms with Gasteiger partial charge in [-0.2, -0.15) is 5.26 Å². The molecule has 5 nitrogen and oxygen atoms in total. The van der Waals surface area contributed by atoms with Gasteiger partial charge in [-0.3, -0.25) is 0 Å². The fourth-order valence-electron chi connectivity index (χ4n) is 2.21. The van der Waals surface area contributed by atoms with Crippen LogP contribution < -0.4 is 5.32 Å². The summed E-state index contributed by atoms with van der Waals surface area (Å²) < 4.78 is 24.6. The van der Waals surface area contributed by atoms with Crippen LogP contribution in [0.4, 0.5) is 0 Å². The zero-order valence-electron chi connectivity index (χ0n) is 7.81. The smallest absolute Gasteiger partial charge is 0.227 e. The van der Waals surface area contributed by atoms with Crippen LogP contribution in [-0.4, -0.2) is 44.7 Å². The molecule has 0 aliphatic carbocycles. The summed E-state index contributed by atoms with van der Waals surface area (Å²) in [4.78, 5) is 0. The van der Waals surface area contributed by atoms with E-state index in [2.05, 4.69) is 5.32 Å². The van der Waals surface area contributed by atoms with Crippen LogP contribution in [0, 0.1) is 23.2 Å². The highest BCUT2D eigenvalue weighted by atomic mass is 32.2. The molecule has 1 N–H and O–H groups in total. The number of hydrogen-bond acceptors (Lipinski definition) is 4. The van der Waals surface area contributed by atoms with Crippen LogP contribution in [0.15, 0.2) is 0 Å². The lowest BCUT2D eigenvalue weighted by Crippen LogP contribution is -2.33. The Kier molecular flexibility index (Phi) is 2.47. The Bertz CT molecular complexity index is 347. The molecule has 2 aliphatic heterocycles. The van der Waals surface area contributed by atoms with Crippen molar-refractivity contribution in [2.24, 2.45) is 11.8 Å². The Morgan fingerprint density at radius 3 is 2.43 bits per heavy atom. The van der Waals surface area contributed by atoms with Gasteiger partial charge in [-0.15, -0.1) is 0 Å². The second-order valence-corrected chi connectivity index (χ2v) is 5.88. The standard InChI is InChI=1S/C8H13N3O2S/c9-1-2-14(12,13)11-5-7-3-10-4-8(7)6-11/h7-8,10H,2-6H2. The van der Waals surface area contributed by atoms with Crippen LogP contribution in [0.25, 0.3) is 0 Å². The molecule has 14 heavy (non-hydrogen) atoms. The molecule has 2 rings (SSSR count). The third kappa shape index (κ3) is 1.63. The summed E-state index contributed by atoms with van der Waals surface area (Å²) in [6, 6.07) is 1.71. The topological polar surface area (TPSA) is 73.2 Å². The van der Waals surface area contributed by atoms with Crippen molar-refractivity contribution in [3.8, 4) is 6.07 Å². The zero-order chi connectivity index (χ0) is 10.2. The van der Waals surface area contributed by atoms with Gasteiger partial charge in [0.15, 0.2) is 5.75 Å². The summed E-state index contributed by atoms with van der Waals surface area (Å²) in [6.07, 6.45) is 0. The number of fused-ring (bicyclic) bond motifs is 1. The summed E-state index contributed by atoms with van der Waals surface area (Å²) in [5.74, 6) is 0.506. The zero-order valence-corrected chi connectivity index (χ0v) is 8.63. The summed E-state index contributed by atoms with van der Waals surface area (Å²) in [7, 11) is -3.31. The number of nitrogens with one attached hydrogen (secondary N) is 1. The summed E-state index contributed by atoms with van der Waals surface area (Å²) >= 11 is 0. The molecular weight excluding hydrogens is 202 g/mol. The number of sulfonamides is 1. The SMILES string of the molecule is N#CCS(=O)(=O)N1CC2CNCC2C1. The van der Waals surface area contributed by atoms with E-state index in [-0.39, 0.29) is 5.75 Å². The van der Waals surface area contributed by atoms with Crippen LogP contribution in [0.1, 0.15) is 0 Å². The van der Waals surface area contributed by atoms with Gasteiger partial charge in [0.2, 0.25) is 10.0 Å². The van der Waals surface area contributed by atoms with Crippen molar-refractivity contribution in [2.75, 3.05) is 31.9 Å². The van der Waals surface area contributed by atoms with Crippen molar-refractivity contribution >= 4 is 10.0 Å². The van der Waals surface area contributed by atoms with Crippen molar-refractivity contribution in [2.45, 2.75) is 0 Å². The van der Waals surface area contributed by atoms with E-state index < -0.39 is 10.0 Å². The first-order valence-corrected chi connectivity index (χ1v) is 6.30. The first-order chi connectivity index (χ1) is 6.63. The van der Waals surface area contributed by atoms with Crippen molar-refractivity contribution < 1.29 is 8.42 Å². The minimum Gasteiger partial charge on any atom is -0.316 e. The Hall–Kier alpha value is -0.640. The van der Waals surface area contributed by atoms with Gasteiger partial charge >= 0.3 is 0 Å². The molecule has 0 bridgehead atoms. The molecule has 2 heterocycles. The largest absolute Gasteiger partial charge is 0.316 e. The van der Waals surface area contributed by atoms with Gasteiger partial charge in [-0.25, -0.2) is 12.7 Å². The minimum absolute atomic E-state index is 0.389. The van der Waals surface area contributed by atoms with Crippen LogP contribution in [0.3, 0.4) is 0 Å². The molecule has 0 aromatic rings. The maximum atomic E-state index is 11.5. The van der Waals surface area contributed by atoms with Crippen molar-refractivity contribution in [1.82, 2.24) is 9.62 Å². The Morgan fingerprint density at radius 1 is 1.36 bits per heavy atom. The number of rotatable bonds is 2. The van der Waals surface area contributed by atoms with Gasteiger partial charge in [-0.05, 0) is 24.9 Å². The molecule has 2 aliphatic rings. The van der Waals surface area contributed by atoms with E-state index in [1.807, 2.05) is 0 Å². The van der Waals surface area contributed by atoms with Gasteiger partial charge in [0.1, 0.15) is 0 Å². The maximum absolute atomic E-state index is 11.5. The molecule has 0 saturated carbocycles. The molecule has 2 fully saturated rings. The van der Waals surface area contributed by atoms with Crippen LogP contribution in [0.5, 0.6) is 0 Å². The molecule has 2 saturated heterocycles. The molecule has 2 atom stereocenters. The summed E-state index contributed by atoms with van der Waals surface area (Å²) in [5, 5.41) is 11.6. The van der Waals surface area contributed by atoms with Crippen molar-refractivity contribution in [3.63, 3.8) is 0 Å². The van der Waals surface area contributed by atoms with Gasteiger partial charge < -0.3 is 5.32 Å². The van der Waals surface area contributed by atoms with Crippen molar-refractivity contribution in [1.29, 1.82) is 5.26 Å². The lowest BCUT2D eigenvalue weighted by Gasteiger charge is -2.14. The van der Waals surface area contributed by atoms with Crippen LogP contribution in [-0.2, 0) is 10.0 Å². The van der Waals surface area contributed by atoms with E-state index in [0.717, 1.165) is 13.1 Å². The van der Waals surface area contributed by atoms with Crippen LogP contribution in [0.2, 0.25) is 0 Å². The van der Waals surface area contributed by atoms with Crippen molar-refractivity contribution in [3.05, 3.63) is 0 Å². The highest BCUT2D eigenvalue weighted by Crippen LogP contribution is 2.28. The molecule has 0 aromatic heterocycles. The highest BCUT2D eigenvalue weighted by Gasteiger charge is 2.40. The molecule has 78 valence electrons. The molecule has 2 unspecified atom stereocenters. The van der Waals surface area contributed by atoms with Gasteiger partial charge in [-0.1, -0.05) is 0 Å². The van der Waals surface area contributed by atoms with E-state index in [0.29, 0.717) is 24.9 Å². The molecule has 6 heteroatoms. The lowest BCUT2D eigenvalue weighted by atomic mass is 10.0. The normalized spacial score (nSPS) is 32.8. The predicted octanol–water partition coefficient (Wildman–Crippen LogP) is -1.01. The monoisotopic (exact) mass is 215 g/mol. The van der Waals surface area contributed by atoms with Gasteiger partial charge in [0.25, 0.3) is 0 Å². The number of nitriles is 1. The fraction of sp³-hybridized carbons (Fsp3) is 0.875. The quantitative estimate of drug-likeness (QED) is 0.640. The average Bonchev–Trinajstić information content (AvgIpc) is 2.60. The van der Waals surface area contributed by atoms with Gasteiger partial charge in [0.05, 0.1) is 6.07 Å². The average molecular weight is 215 g/mol. The fourth-order valence-corrected chi connectivity index (χ4v) is 3.40. The molecule has 0 spiro atoms. The molecule has 0 amide bonds. The number of hydrogen-bond donors (Lipinski definition) is 1. The maximum Gasteiger partial charge on any atom is 0.227 e. The predicted molar refractivity (Wildman–Crippen MR) is 50.8 cm³/mol. The third-order valence-electron chi connectivity index (χ3n) is 3.00. The third-order valence-corrected chi connectivity index (χ3v) is 4.58.